The molecule has 3 rings (SSSR count). The lowest BCUT2D eigenvalue weighted by Gasteiger charge is -2.01. The van der Waals surface area contributed by atoms with Crippen LogP contribution in [0.15, 0.2) is 18.2 Å². The highest BCUT2D eigenvalue weighted by Gasteiger charge is 2.38. The van der Waals surface area contributed by atoms with Gasteiger partial charge in [-0.2, -0.15) is 22.8 Å². The standard InChI is InChI=1S/C10H5ClF3N5S/c11-5-3-4(1-2-6(5)15)7-18-19-8(10(12,13)14)16-17-9(19)20-7/h1-3H,15H2. The van der Waals surface area contributed by atoms with E-state index in [1.807, 2.05) is 0 Å². The highest BCUT2D eigenvalue weighted by Crippen LogP contribution is 2.33. The van der Waals surface area contributed by atoms with Crippen molar-refractivity contribution in [2.75, 3.05) is 5.73 Å². The lowest BCUT2D eigenvalue weighted by atomic mass is 10.2. The van der Waals surface area contributed by atoms with Gasteiger partial charge in [-0.15, -0.1) is 10.2 Å². The van der Waals surface area contributed by atoms with E-state index in [4.69, 9.17) is 17.3 Å². The van der Waals surface area contributed by atoms with Gasteiger partial charge in [0.2, 0.25) is 4.96 Å². The van der Waals surface area contributed by atoms with E-state index < -0.39 is 12.0 Å². The Morgan fingerprint density at radius 2 is 2.00 bits per heavy atom. The molecule has 2 heterocycles. The molecule has 0 unspecified atom stereocenters. The highest BCUT2D eigenvalue weighted by molar-refractivity contribution is 7.19. The summed E-state index contributed by atoms with van der Waals surface area (Å²) in [6, 6.07) is 4.72. The average molecular weight is 320 g/mol. The summed E-state index contributed by atoms with van der Waals surface area (Å²) < 4.78 is 38.7. The van der Waals surface area contributed by atoms with E-state index in [9.17, 15) is 13.2 Å². The molecule has 2 N–H and O–H groups in total. The number of alkyl halides is 3. The molecule has 0 saturated heterocycles. The third-order valence-corrected chi connectivity index (χ3v) is 3.77. The Morgan fingerprint density at radius 1 is 1.25 bits per heavy atom. The zero-order valence-electron chi connectivity index (χ0n) is 9.52. The van der Waals surface area contributed by atoms with Crippen LogP contribution in [0.2, 0.25) is 5.02 Å². The minimum Gasteiger partial charge on any atom is -0.398 e. The van der Waals surface area contributed by atoms with Crippen LogP contribution in [-0.2, 0) is 6.18 Å². The summed E-state index contributed by atoms with van der Waals surface area (Å²) in [4.78, 5) is 0.0558. The summed E-state index contributed by atoms with van der Waals surface area (Å²) in [5.41, 5.74) is 6.52. The lowest BCUT2D eigenvalue weighted by Crippen LogP contribution is -2.11. The largest absolute Gasteiger partial charge is 0.453 e. The number of nitrogens with two attached hydrogens (primary N) is 1. The SMILES string of the molecule is Nc1ccc(-c2nn3c(C(F)(F)F)nnc3s2)cc1Cl. The highest BCUT2D eigenvalue weighted by atomic mass is 35.5. The van der Waals surface area contributed by atoms with Crippen molar-refractivity contribution in [1.29, 1.82) is 0 Å². The van der Waals surface area contributed by atoms with Crippen LogP contribution >= 0.6 is 22.9 Å². The lowest BCUT2D eigenvalue weighted by molar-refractivity contribution is -0.146. The van der Waals surface area contributed by atoms with Crippen LogP contribution in [0, 0.1) is 0 Å². The van der Waals surface area contributed by atoms with Crippen molar-refractivity contribution in [2.45, 2.75) is 6.18 Å². The molecule has 1 aromatic carbocycles. The van der Waals surface area contributed by atoms with Gasteiger partial charge in [-0.05, 0) is 18.2 Å². The first-order valence-electron chi connectivity index (χ1n) is 5.21. The zero-order chi connectivity index (χ0) is 14.5. The molecule has 2 aromatic heterocycles. The molecule has 0 radical (unpaired) electrons. The second kappa shape index (κ2) is 4.32. The molecule has 0 spiro atoms. The second-order valence-electron chi connectivity index (χ2n) is 3.86. The molecule has 104 valence electrons. The maximum atomic E-state index is 12.7. The van der Waals surface area contributed by atoms with Crippen LogP contribution in [0.1, 0.15) is 5.82 Å². The Kier molecular flexibility index (Phi) is 2.83. The van der Waals surface area contributed by atoms with Crippen molar-refractivity contribution < 1.29 is 13.2 Å². The molecular weight excluding hydrogens is 315 g/mol. The van der Waals surface area contributed by atoms with Gasteiger partial charge in [0.25, 0.3) is 5.82 Å². The summed E-state index contributed by atoms with van der Waals surface area (Å²) in [7, 11) is 0. The number of nitrogens with zero attached hydrogens (tertiary/aromatic N) is 4. The Bertz CT molecular complexity index is 794. The van der Waals surface area contributed by atoms with Gasteiger partial charge in [0, 0.05) is 5.56 Å². The van der Waals surface area contributed by atoms with E-state index in [1.165, 1.54) is 6.07 Å². The Morgan fingerprint density at radius 3 is 2.65 bits per heavy atom. The van der Waals surface area contributed by atoms with Gasteiger partial charge in [-0.1, -0.05) is 22.9 Å². The molecule has 0 amide bonds. The first-order valence-corrected chi connectivity index (χ1v) is 6.40. The second-order valence-corrected chi connectivity index (χ2v) is 5.22. The van der Waals surface area contributed by atoms with E-state index in [-0.39, 0.29) is 4.96 Å². The van der Waals surface area contributed by atoms with Gasteiger partial charge in [0.1, 0.15) is 5.01 Å². The number of rotatable bonds is 1. The topological polar surface area (TPSA) is 69.1 Å². The van der Waals surface area contributed by atoms with E-state index in [1.54, 1.807) is 12.1 Å². The van der Waals surface area contributed by atoms with Crippen molar-refractivity contribution in [3.63, 3.8) is 0 Å². The fourth-order valence-corrected chi connectivity index (χ4v) is 2.59. The van der Waals surface area contributed by atoms with Gasteiger partial charge in [-0.25, -0.2) is 0 Å². The third kappa shape index (κ3) is 2.08. The number of fused-ring (bicyclic) bond motifs is 1. The minimum atomic E-state index is -4.61. The number of aromatic nitrogens is 4. The molecule has 5 nitrogen and oxygen atoms in total. The molecule has 0 bridgehead atoms. The van der Waals surface area contributed by atoms with Crippen molar-refractivity contribution >= 4 is 33.6 Å². The molecular formula is C10H5ClF3N5S. The van der Waals surface area contributed by atoms with Crippen molar-refractivity contribution in [2.24, 2.45) is 0 Å². The van der Waals surface area contributed by atoms with Crippen molar-refractivity contribution in [3.05, 3.63) is 29.0 Å². The van der Waals surface area contributed by atoms with Crippen LogP contribution in [-0.4, -0.2) is 19.8 Å². The summed E-state index contributed by atoms with van der Waals surface area (Å²) in [6.07, 6.45) is -4.61. The summed E-state index contributed by atoms with van der Waals surface area (Å²) in [5, 5.41) is 11.1. The molecule has 0 saturated carbocycles. The van der Waals surface area contributed by atoms with Crippen molar-refractivity contribution in [1.82, 2.24) is 19.8 Å². The molecule has 10 heteroatoms. The average Bonchev–Trinajstić information content (AvgIpc) is 2.90. The fourth-order valence-electron chi connectivity index (χ4n) is 1.57. The molecule has 0 aliphatic heterocycles. The predicted molar refractivity (Wildman–Crippen MR) is 68.5 cm³/mol. The normalized spacial score (nSPS) is 12.2. The summed E-state index contributed by atoms with van der Waals surface area (Å²) in [5.74, 6) is -1.16. The van der Waals surface area contributed by atoms with Gasteiger partial charge in [-0.3, -0.25) is 0 Å². The number of nitrogen functional groups attached to an aromatic ring is 1. The maximum absolute atomic E-state index is 12.7. The Balaban J connectivity index is 2.14. The molecule has 0 fully saturated rings. The fraction of sp³-hybridized carbons (Fsp3) is 0.100. The van der Waals surface area contributed by atoms with Crippen LogP contribution in [0.25, 0.3) is 15.5 Å². The quantitative estimate of drug-likeness (QED) is 0.700. The van der Waals surface area contributed by atoms with Crippen LogP contribution < -0.4 is 5.73 Å². The van der Waals surface area contributed by atoms with Gasteiger partial charge in [0.15, 0.2) is 0 Å². The Labute approximate surface area is 118 Å². The van der Waals surface area contributed by atoms with E-state index in [2.05, 4.69) is 15.3 Å². The maximum Gasteiger partial charge on any atom is 0.453 e. The summed E-state index contributed by atoms with van der Waals surface area (Å²) in [6.45, 7) is 0. The van der Waals surface area contributed by atoms with Gasteiger partial charge in [0.05, 0.1) is 10.7 Å². The van der Waals surface area contributed by atoms with E-state index >= 15 is 0 Å². The molecule has 20 heavy (non-hydrogen) atoms. The molecule has 0 aliphatic rings. The van der Waals surface area contributed by atoms with E-state index in [0.29, 0.717) is 25.8 Å². The van der Waals surface area contributed by atoms with Crippen LogP contribution in [0.5, 0.6) is 0 Å². The molecule has 0 aliphatic carbocycles. The predicted octanol–water partition coefficient (Wildman–Crippen LogP) is 3.11. The molecule has 0 atom stereocenters. The monoisotopic (exact) mass is 319 g/mol. The number of hydrogen-bond donors (Lipinski definition) is 1. The van der Waals surface area contributed by atoms with Gasteiger partial charge < -0.3 is 5.73 Å². The summed E-state index contributed by atoms with van der Waals surface area (Å²) >= 11 is 6.86. The number of halogens is 4. The first kappa shape index (κ1) is 13.1. The van der Waals surface area contributed by atoms with E-state index in [0.717, 1.165) is 11.3 Å². The first-order chi connectivity index (χ1) is 9.36. The third-order valence-electron chi connectivity index (χ3n) is 2.49. The Hall–Kier alpha value is -1.87. The molecule has 3 aromatic rings. The number of benzene rings is 1. The van der Waals surface area contributed by atoms with Crippen LogP contribution in [0.3, 0.4) is 0 Å². The minimum absolute atomic E-state index is 0.0558. The van der Waals surface area contributed by atoms with Crippen molar-refractivity contribution in [3.8, 4) is 10.6 Å². The number of anilines is 1. The van der Waals surface area contributed by atoms with Crippen LogP contribution in [0.4, 0.5) is 18.9 Å². The smallest absolute Gasteiger partial charge is 0.398 e. The van der Waals surface area contributed by atoms with Gasteiger partial charge >= 0.3 is 6.18 Å². The zero-order valence-corrected chi connectivity index (χ0v) is 11.1. The number of hydrogen-bond acceptors (Lipinski definition) is 5.